The van der Waals surface area contributed by atoms with E-state index >= 15 is 0 Å². The molecule has 2 aromatic rings. The Morgan fingerprint density at radius 2 is 1.27 bits per heavy atom. The van der Waals surface area contributed by atoms with Crippen molar-refractivity contribution in [2.75, 3.05) is 49.1 Å². The van der Waals surface area contributed by atoms with Crippen LogP contribution in [-0.2, 0) is 10.0 Å². The fourth-order valence-electron chi connectivity index (χ4n) is 4.31. The lowest BCUT2D eigenvalue weighted by Gasteiger charge is -2.35. The molecular weight excluding hydrogens is 398 g/mol. The zero-order valence-electron chi connectivity index (χ0n) is 18.1. The number of piperazine rings is 1. The van der Waals surface area contributed by atoms with Crippen molar-refractivity contribution >= 4 is 21.7 Å². The number of hydrogen-bond donors (Lipinski definition) is 0. The Balaban J connectivity index is 1.47. The Hall–Kier alpha value is -2.19. The molecule has 0 spiro atoms. The van der Waals surface area contributed by atoms with E-state index in [1.54, 1.807) is 10.6 Å². The first-order chi connectivity index (χ1) is 14.4. The highest BCUT2D eigenvalue weighted by atomic mass is 32.2. The topological polar surface area (TPSA) is 69.6 Å². The lowest BCUT2D eigenvalue weighted by atomic mass is 10.1. The molecule has 0 bridgehead atoms. The van der Waals surface area contributed by atoms with E-state index in [4.69, 9.17) is 0 Å². The summed E-state index contributed by atoms with van der Waals surface area (Å²) in [5.41, 5.74) is 2.93. The van der Waals surface area contributed by atoms with E-state index in [1.165, 1.54) is 19.3 Å². The molecule has 4 rings (SSSR count). The molecule has 162 valence electrons. The normalized spacial score (nSPS) is 18.6. The molecule has 0 N–H and O–H groups in total. The molecule has 0 amide bonds. The van der Waals surface area contributed by atoms with Crippen LogP contribution in [0.5, 0.6) is 0 Å². The summed E-state index contributed by atoms with van der Waals surface area (Å²) in [5.74, 6) is 1.85. The number of anilines is 2. The van der Waals surface area contributed by atoms with E-state index in [2.05, 4.69) is 19.8 Å². The lowest BCUT2D eigenvalue weighted by molar-refractivity contribution is 0.383. The second kappa shape index (κ2) is 8.51. The standard InChI is InChI=1S/C22H31N5O2S/c1-17-13-19(3)20(14-18(17)2)30(28,29)27-11-9-26(10-12-27)22-15-21(23-16-24-22)25-7-5-4-6-8-25/h13-16H,4-12H2,1-3H3. The maximum absolute atomic E-state index is 13.3. The predicted molar refractivity (Wildman–Crippen MR) is 120 cm³/mol. The van der Waals surface area contributed by atoms with Gasteiger partial charge in [-0.3, -0.25) is 0 Å². The van der Waals surface area contributed by atoms with Crippen molar-refractivity contribution in [3.05, 3.63) is 41.2 Å². The second-order valence-electron chi connectivity index (χ2n) is 8.38. The highest BCUT2D eigenvalue weighted by Crippen LogP contribution is 2.26. The molecule has 0 saturated carbocycles. The molecule has 0 unspecified atom stereocenters. The van der Waals surface area contributed by atoms with E-state index in [9.17, 15) is 8.42 Å². The number of rotatable bonds is 4. The first-order valence-corrected chi connectivity index (χ1v) is 12.2. The van der Waals surface area contributed by atoms with Crippen LogP contribution in [0.1, 0.15) is 36.0 Å². The van der Waals surface area contributed by atoms with Crippen LogP contribution in [0.4, 0.5) is 11.6 Å². The van der Waals surface area contributed by atoms with Gasteiger partial charge >= 0.3 is 0 Å². The minimum atomic E-state index is -3.50. The fourth-order valence-corrected chi connectivity index (χ4v) is 6.03. The summed E-state index contributed by atoms with van der Waals surface area (Å²) in [6, 6.07) is 5.81. The molecule has 0 aliphatic carbocycles. The number of aromatic nitrogens is 2. The number of nitrogens with zero attached hydrogens (tertiary/aromatic N) is 5. The molecule has 2 aliphatic rings. The van der Waals surface area contributed by atoms with Gasteiger partial charge in [0.1, 0.15) is 18.0 Å². The Bertz CT molecular complexity index is 1010. The van der Waals surface area contributed by atoms with Crippen LogP contribution in [0.25, 0.3) is 0 Å². The van der Waals surface area contributed by atoms with Gasteiger partial charge < -0.3 is 9.80 Å². The minimum Gasteiger partial charge on any atom is -0.356 e. The molecule has 2 saturated heterocycles. The molecule has 1 aromatic carbocycles. The SMILES string of the molecule is Cc1cc(C)c(S(=O)(=O)N2CCN(c3cc(N4CCCCC4)ncn3)CC2)cc1C. The molecule has 0 atom stereocenters. The van der Waals surface area contributed by atoms with Gasteiger partial charge in [0.15, 0.2) is 0 Å². The summed E-state index contributed by atoms with van der Waals surface area (Å²) in [5, 5.41) is 0. The molecule has 1 aromatic heterocycles. The minimum absolute atomic E-state index is 0.425. The van der Waals surface area contributed by atoms with Gasteiger partial charge in [-0.1, -0.05) is 6.07 Å². The highest BCUT2D eigenvalue weighted by Gasteiger charge is 2.30. The third kappa shape index (κ3) is 4.16. The van der Waals surface area contributed by atoms with Crippen LogP contribution in [0.3, 0.4) is 0 Å². The van der Waals surface area contributed by atoms with Gasteiger partial charge in [0.25, 0.3) is 0 Å². The second-order valence-corrected chi connectivity index (χ2v) is 10.3. The molecular formula is C22H31N5O2S. The van der Waals surface area contributed by atoms with Crippen molar-refractivity contribution in [1.29, 1.82) is 0 Å². The Morgan fingerprint density at radius 3 is 1.90 bits per heavy atom. The average molecular weight is 430 g/mol. The number of hydrogen-bond acceptors (Lipinski definition) is 6. The zero-order valence-corrected chi connectivity index (χ0v) is 19.0. The third-order valence-electron chi connectivity index (χ3n) is 6.29. The Kier molecular flexibility index (Phi) is 5.97. The summed E-state index contributed by atoms with van der Waals surface area (Å²) in [6.07, 6.45) is 5.31. The number of sulfonamides is 1. The highest BCUT2D eigenvalue weighted by molar-refractivity contribution is 7.89. The molecule has 3 heterocycles. The average Bonchev–Trinajstić information content (AvgIpc) is 2.77. The van der Waals surface area contributed by atoms with Crippen LogP contribution in [0, 0.1) is 20.8 Å². The smallest absolute Gasteiger partial charge is 0.243 e. The van der Waals surface area contributed by atoms with Crippen molar-refractivity contribution in [1.82, 2.24) is 14.3 Å². The summed E-state index contributed by atoms with van der Waals surface area (Å²) >= 11 is 0. The van der Waals surface area contributed by atoms with Gasteiger partial charge in [0.2, 0.25) is 10.0 Å². The first-order valence-electron chi connectivity index (χ1n) is 10.8. The lowest BCUT2D eigenvalue weighted by Crippen LogP contribution is -2.49. The number of aryl methyl sites for hydroxylation is 3. The summed E-state index contributed by atoms with van der Waals surface area (Å²) in [6.45, 7) is 10.1. The van der Waals surface area contributed by atoms with E-state index in [0.717, 1.165) is 41.4 Å². The van der Waals surface area contributed by atoms with Crippen molar-refractivity contribution in [3.63, 3.8) is 0 Å². The first kappa shape index (κ1) is 21.1. The van der Waals surface area contributed by atoms with E-state index < -0.39 is 10.0 Å². The van der Waals surface area contributed by atoms with Gasteiger partial charge in [-0.25, -0.2) is 18.4 Å². The van der Waals surface area contributed by atoms with E-state index in [1.807, 2.05) is 39.0 Å². The summed E-state index contributed by atoms with van der Waals surface area (Å²) in [7, 11) is -3.50. The summed E-state index contributed by atoms with van der Waals surface area (Å²) < 4.78 is 28.1. The largest absolute Gasteiger partial charge is 0.356 e. The van der Waals surface area contributed by atoms with Gasteiger partial charge in [0, 0.05) is 45.3 Å². The van der Waals surface area contributed by atoms with Crippen LogP contribution in [-0.4, -0.2) is 62.0 Å². The number of piperidine rings is 1. The predicted octanol–water partition coefficient (Wildman–Crippen LogP) is 2.90. The molecule has 2 fully saturated rings. The van der Waals surface area contributed by atoms with Crippen LogP contribution in [0.2, 0.25) is 0 Å². The van der Waals surface area contributed by atoms with Crippen molar-refractivity contribution < 1.29 is 8.42 Å². The number of benzene rings is 1. The van der Waals surface area contributed by atoms with Crippen LogP contribution >= 0.6 is 0 Å². The van der Waals surface area contributed by atoms with Gasteiger partial charge in [-0.2, -0.15) is 4.31 Å². The van der Waals surface area contributed by atoms with Crippen molar-refractivity contribution in [2.45, 2.75) is 44.9 Å². The fraction of sp³-hybridized carbons (Fsp3) is 0.545. The molecule has 0 radical (unpaired) electrons. The van der Waals surface area contributed by atoms with Gasteiger partial charge in [-0.15, -0.1) is 0 Å². The van der Waals surface area contributed by atoms with Crippen molar-refractivity contribution in [2.24, 2.45) is 0 Å². The maximum atomic E-state index is 13.3. The van der Waals surface area contributed by atoms with Gasteiger partial charge in [0.05, 0.1) is 4.90 Å². The van der Waals surface area contributed by atoms with Gasteiger partial charge in [-0.05, 0) is 62.8 Å². The third-order valence-corrected chi connectivity index (χ3v) is 8.33. The molecule has 30 heavy (non-hydrogen) atoms. The monoisotopic (exact) mass is 429 g/mol. The van der Waals surface area contributed by atoms with E-state index in [-0.39, 0.29) is 0 Å². The molecule has 8 heteroatoms. The van der Waals surface area contributed by atoms with Crippen LogP contribution < -0.4 is 9.80 Å². The molecule has 2 aliphatic heterocycles. The van der Waals surface area contributed by atoms with E-state index in [0.29, 0.717) is 31.1 Å². The zero-order chi connectivity index (χ0) is 21.3. The van der Waals surface area contributed by atoms with Crippen LogP contribution in [0.15, 0.2) is 29.4 Å². The Labute approximate surface area is 179 Å². The quantitative estimate of drug-likeness (QED) is 0.744. The van der Waals surface area contributed by atoms with Crippen molar-refractivity contribution in [3.8, 4) is 0 Å². The maximum Gasteiger partial charge on any atom is 0.243 e. The summed E-state index contributed by atoms with van der Waals surface area (Å²) in [4.78, 5) is 13.8. The Morgan fingerprint density at radius 1 is 0.700 bits per heavy atom. The molecule has 7 nitrogen and oxygen atoms in total.